The van der Waals surface area contributed by atoms with Crippen LogP contribution in [0.2, 0.25) is 0 Å². The Labute approximate surface area is 155 Å². The summed E-state index contributed by atoms with van der Waals surface area (Å²) in [7, 11) is 0. The van der Waals surface area contributed by atoms with Crippen LogP contribution >= 0.6 is 0 Å². The lowest BCUT2D eigenvalue weighted by molar-refractivity contribution is -0.145. The summed E-state index contributed by atoms with van der Waals surface area (Å²) >= 11 is 0. The zero-order valence-electron chi connectivity index (χ0n) is 14.8. The summed E-state index contributed by atoms with van der Waals surface area (Å²) in [5.74, 6) is 0.359. The third-order valence-corrected chi connectivity index (χ3v) is 4.31. The third kappa shape index (κ3) is 3.48. The number of aromatic nitrogens is 1. The Morgan fingerprint density at radius 2 is 1.96 bits per heavy atom. The van der Waals surface area contributed by atoms with E-state index in [4.69, 9.17) is 13.9 Å². The number of oxazole rings is 1. The zero-order valence-corrected chi connectivity index (χ0v) is 14.8. The maximum Gasteiger partial charge on any atom is 0.308 e. The molecular weight excluding hydrogens is 348 g/mol. The molecule has 0 saturated carbocycles. The molecule has 7 heteroatoms. The van der Waals surface area contributed by atoms with Crippen molar-refractivity contribution in [1.82, 2.24) is 4.98 Å². The number of carbonyl (C=O) groups is 2. The van der Waals surface area contributed by atoms with Gasteiger partial charge in [0.15, 0.2) is 18.3 Å². The maximum absolute atomic E-state index is 12.4. The first-order chi connectivity index (χ1) is 13.1. The molecule has 1 amide bonds. The summed E-state index contributed by atoms with van der Waals surface area (Å²) in [6, 6.07) is 14.6. The number of benzene rings is 2. The quantitative estimate of drug-likeness (QED) is 0.646. The van der Waals surface area contributed by atoms with Gasteiger partial charge >= 0.3 is 5.97 Å². The van der Waals surface area contributed by atoms with Crippen LogP contribution in [0.4, 0.5) is 5.69 Å². The molecule has 1 aromatic heterocycles. The highest BCUT2D eigenvalue weighted by Crippen LogP contribution is 2.33. The zero-order chi connectivity index (χ0) is 18.8. The van der Waals surface area contributed by atoms with E-state index in [-0.39, 0.29) is 25.5 Å². The van der Waals surface area contributed by atoms with E-state index in [2.05, 4.69) is 4.98 Å². The number of carbonyl (C=O) groups excluding carboxylic acids is 2. The predicted octanol–water partition coefficient (Wildman–Crippen LogP) is 3.08. The molecule has 4 rings (SSSR count). The van der Waals surface area contributed by atoms with Gasteiger partial charge in [0.25, 0.3) is 5.91 Å². The number of amides is 1. The van der Waals surface area contributed by atoms with E-state index in [1.165, 1.54) is 0 Å². The van der Waals surface area contributed by atoms with E-state index in [1.807, 2.05) is 30.3 Å². The monoisotopic (exact) mass is 366 g/mol. The van der Waals surface area contributed by atoms with Crippen LogP contribution in [0.25, 0.3) is 11.1 Å². The predicted molar refractivity (Wildman–Crippen MR) is 97.3 cm³/mol. The van der Waals surface area contributed by atoms with Gasteiger partial charge in [-0.1, -0.05) is 24.3 Å². The smallest absolute Gasteiger partial charge is 0.308 e. The van der Waals surface area contributed by atoms with Crippen molar-refractivity contribution in [3.05, 3.63) is 54.4 Å². The van der Waals surface area contributed by atoms with Crippen molar-refractivity contribution in [2.45, 2.75) is 26.1 Å². The van der Waals surface area contributed by atoms with Crippen LogP contribution in [0.5, 0.6) is 5.75 Å². The van der Waals surface area contributed by atoms with Gasteiger partial charge in [0, 0.05) is 6.54 Å². The van der Waals surface area contributed by atoms with Crippen LogP contribution in [0.3, 0.4) is 0 Å². The molecule has 1 aliphatic heterocycles. The molecule has 0 N–H and O–H groups in total. The minimum Gasteiger partial charge on any atom is -0.479 e. The molecule has 1 atom stereocenters. The van der Waals surface area contributed by atoms with Crippen LogP contribution in [-0.2, 0) is 20.9 Å². The molecule has 0 aliphatic carbocycles. The van der Waals surface area contributed by atoms with Crippen molar-refractivity contribution in [3.8, 4) is 5.75 Å². The second-order valence-electron chi connectivity index (χ2n) is 6.20. The minimum absolute atomic E-state index is 0.0441. The summed E-state index contributed by atoms with van der Waals surface area (Å²) in [6.07, 6.45) is -0.525. The fourth-order valence-corrected chi connectivity index (χ4v) is 2.99. The van der Waals surface area contributed by atoms with Crippen molar-refractivity contribution in [1.29, 1.82) is 0 Å². The number of hydrogen-bond acceptors (Lipinski definition) is 6. The van der Waals surface area contributed by atoms with Crippen LogP contribution in [0, 0.1) is 0 Å². The van der Waals surface area contributed by atoms with E-state index in [0.29, 0.717) is 28.4 Å². The van der Waals surface area contributed by atoms with E-state index >= 15 is 0 Å². The number of hydrogen-bond donors (Lipinski definition) is 0. The molecule has 27 heavy (non-hydrogen) atoms. The van der Waals surface area contributed by atoms with Crippen LogP contribution in [0.15, 0.2) is 52.9 Å². The summed E-state index contributed by atoms with van der Waals surface area (Å²) < 4.78 is 16.3. The highest BCUT2D eigenvalue weighted by Gasteiger charge is 2.31. The summed E-state index contributed by atoms with van der Waals surface area (Å²) in [6.45, 7) is 1.87. The fourth-order valence-electron chi connectivity index (χ4n) is 2.99. The molecule has 1 unspecified atom stereocenters. The first-order valence-electron chi connectivity index (χ1n) is 8.69. The lowest BCUT2D eigenvalue weighted by Crippen LogP contribution is -2.45. The number of nitrogens with zero attached hydrogens (tertiary/aromatic N) is 2. The second kappa shape index (κ2) is 7.11. The SMILES string of the molecule is CC1Oc2ccccc2N(CCC(=O)OCc2nc3ccccc3o2)C1=O. The van der Waals surface area contributed by atoms with Gasteiger partial charge in [-0.15, -0.1) is 0 Å². The minimum atomic E-state index is -0.587. The van der Waals surface area contributed by atoms with Gasteiger partial charge in [0.05, 0.1) is 12.1 Å². The Morgan fingerprint density at radius 3 is 2.81 bits per heavy atom. The second-order valence-corrected chi connectivity index (χ2v) is 6.20. The Bertz CT molecular complexity index is 964. The molecule has 0 saturated heterocycles. The van der Waals surface area contributed by atoms with Gasteiger partial charge in [-0.3, -0.25) is 9.59 Å². The molecular formula is C20H18N2O5. The fraction of sp³-hybridized carbons (Fsp3) is 0.250. The van der Waals surface area contributed by atoms with Crippen molar-refractivity contribution in [2.75, 3.05) is 11.4 Å². The standard InChI is InChI=1S/C20H18N2O5/c1-13-20(24)22(15-7-3-5-9-17(15)26-13)11-10-19(23)25-12-18-21-14-6-2-4-8-16(14)27-18/h2-9,13H,10-12H2,1H3. The van der Waals surface area contributed by atoms with Crippen molar-refractivity contribution >= 4 is 28.7 Å². The largest absolute Gasteiger partial charge is 0.479 e. The van der Waals surface area contributed by atoms with Crippen LogP contribution in [0.1, 0.15) is 19.2 Å². The molecule has 0 radical (unpaired) electrons. The number of ether oxygens (including phenoxy) is 2. The molecule has 0 spiro atoms. The number of rotatable bonds is 5. The Balaban J connectivity index is 1.37. The lowest BCUT2D eigenvalue weighted by atomic mass is 10.2. The van der Waals surface area contributed by atoms with Crippen LogP contribution < -0.4 is 9.64 Å². The Morgan fingerprint density at radius 1 is 1.19 bits per heavy atom. The van der Waals surface area contributed by atoms with Gasteiger partial charge in [0.1, 0.15) is 11.3 Å². The average Bonchev–Trinajstić information content (AvgIpc) is 3.10. The van der Waals surface area contributed by atoms with Gasteiger partial charge in [-0.05, 0) is 31.2 Å². The maximum atomic E-state index is 12.4. The van der Waals surface area contributed by atoms with Gasteiger partial charge in [0.2, 0.25) is 5.89 Å². The lowest BCUT2D eigenvalue weighted by Gasteiger charge is -2.32. The van der Waals surface area contributed by atoms with Crippen LogP contribution in [-0.4, -0.2) is 29.5 Å². The first-order valence-corrected chi connectivity index (χ1v) is 8.69. The third-order valence-electron chi connectivity index (χ3n) is 4.31. The molecule has 7 nitrogen and oxygen atoms in total. The van der Waals surface area contributed by atoms with Crippen molar-refractivity contribution < 1.29 is 23.5 Å². The van der Waals surface area contributed by atoms with E-state index < -0.39 is 12.1 Å². The summed E-state index contributed by atoms with van der Waals surface area (Å²) in [5.41, 5.74) is 2.02. The number of para-hydroxylation sites is 4. The number of esters is 1. The van der Waals surface area contributed by atoms with Gasteiger partial charge in [-0.2, -0.15) is 0 Å². The first kappa shape index (κ1) is 17.1. The summed E-state index contributed by atoms with van der Waals surface area (Å²) in [5, 5.41) is 0. The highest BCUT2D eigenvalue weighted by atomic mass is 16.5. The molecule has 0 bridgehead atoms. The van der Waals surface area contributed by atoms with Gasteiger partial charge < -0.3 is 18.8 Å². The molecule has 0 fully saturated rings. The topological polar surface area (TPSA) is 81.9 Å². The Kier molecular flexibility index (Phi) is 4.50. The van der Waals surface area contributed by atoms with E-state index in [0.717, 1.165) is 0 Å². The molecule has 138 valence electrons. The van der Waals surface area contributed by atoms with E-state index in [9.17, 15) is 9.59 Å². The molecule has 2 heterocycles. The van der Waals surface area contributed by atoms with Crippen molar-refractivity contribution in [3.63, 3.8) is 0 Å². The normalized spacial score (nSPS) is 16.1. The summed E-state index contributed by atoms with van der Waals surface area (Å²) in [4.78, 5) is 30.3. The number of anilines is 1. The van der Waals surface area contributed by atoms with Crippen molar-refractivity contribution in [2.24, 2.45) is 0 Å². The van der Waals surface area contributed by atoms with Gasteiger partial charge in [-0.25, -0.2) is 4.98 Å². The number of fused-ring (bicyclic) bond motifs is 2. The Hall–Kier alpha value is -3.35. The molecule has 3 aromatic rings. The molecule has 2 aromatic carbocycles. The molecule has 1 aliphatic rings. The average molecular weight is 366 g/mol. The highest BCUT2D eigenvalue weighted by molar-refractivity contribution is 6.00. The van der Waals surface area contributed by atoms with E-state index in [1.54, 1.807) is 30.0 Å².